The van der Waals surface area contributed by atoms with Gasteiger partial charge in [-0.05, 0) is 62.7 Å². The first-order valence-electron chi connectivity index (χ1n) is 9.73. The highest BCUT2D eigenvalue weighted by atomic mass is 32.1. The summed E-state index contributed by atoms with van der Waals surface area (Å²) in [7, 11) is 0. The molecule has 1 aliphatic heterocycles. The van der Waals surface area contributed by atoms with Gasteiger partial charge in [0.15, 0.2) is 6.54 Å². The Labute approximate surface area is 169 Å². The third kappa shape index (κ3) is 4.41. The lowest BCUT2D eigenvalue weighted by Crippen LogP contribution is -3.16. The number of anilines is 1. The van der Waals surface area contributed by atoms with Crippen LogP contribution in [0.4, 0.5) is 5.69 Å². The molecule has 3 aromatic rings. The number of nitrogens with zero attached hydrogens (tertiary/aromatic N) is 1. The van der Waals surface area contributed by atoms with Crippen molar-refractivity contribution in [3.8, 4) is 10.6 Å². The fourth-order valence-corrected chi connectivity index (χ4v) is 4.89. The number of thiazole rings is 1. The van der Waals surface area contributed by atoms with Crippen molar-refractivity contribution in [1.29, 1.82) is 0 Å². The quantitative estimate of drug-likeness (QED) is 0.713. The molecule has 1 fully saturated rings. The molecule has 0 radical (unpaired) electrons. The summed E-state index contributed by atoms with van der Waals surface area (Å²) in [5, 5.41) is 4.01. The van der Waals surface area contributed by atoms with Crippen molar-refractivity contribution in [2.24, 2.45) is 0 Å². The van der Waals surface area contributed by atoms with Crippen LogP contribution in [0.3, 0.4) is 0 Å². The summed E-state index contributed by atoms with van der Waals surface area (Å²) in [5.41, 5.74) is 4.16. The van der Waals surface area contributed by atoms with E-state index in [1.54, 1.807) is 11.3 Å². The third-order valence-electron chi connectivity index (χ3n) is 4.99. The normalized spacial score (nSPS) is 22.3. The van der Waals surface area contributed by atoms with E-state index in [9.17, 15) is 4.79 Å². The minimum atomic E-state index is 0.0412. The summed E-state index contributed by atoms with van der Waals surface area (Å²) in [4.78, 5) is 18.4. The molecule has 0 spiro atoms. The van der Waals surface area contributed by atoms with E-state index in [0.717, 1.165) is 34.9 Å². The van der Waals surface area contributed by atoms with E-state index in [1.807, 2.05) is 24.3 Å². The molecular formula is C22H26N3O2S+. The fourth-order valence-electron chi connectivity index (χ4n) is 3.82. The predicted octanol–water partition coefficient (Wildman–Crippen LogP) is 2.90. The lowest BCUT2D eigenvalue weighted by atomic mass is 10.2. The fraction of sp³-hybridized carbons (Fsp3) is 0.364. The molecule has 2 aromatic carbocycles. The molecule has 1 aliphatic rings. The zero-order chi connectivity index (χ0) is 19.7. The molecule has 5 nitrogen and oxygen atoms in total. The van der Waals surface area contributed by atoms with Crippen molar-refractivity contribution >= 4 is 33.1 Å². The van der Waals surface area contributed by atoms with Gasteiger partial charge in [-0.15, -0.1) is 11.3 Å². The van der Waals surface area contributed by atoms with Crippen molar-refractivity contribution in [3.63, 3.8) is 0 Å². The average molecular weight is 397 g/mol. The molecule has 1 unspecified atom stereocenters. The van der Waals surface area contributed by atoms with E-state index in [-0.39, 0.29) is 18.1 Å². The van der Waals surface area contributed by atoms with Gasteiger partial charge in [0.25, 0.3) is 5.91 Å². The number of aryl methyl sites for hydroxylation is 1. The van der Waals surface area contributed by atoms with Gasteiger partial charge in [0.1, 0.15) is 30.3 Å². The Hall–Kier alpha value is -2.28. The number of hydrogen-bond donors (Lipinski definition) is 2. The summed E-state index contributed by atoms with van der Waals surface area (Å²) < 4.78 is 6.94. The Kier molecular flexibility index (Phi) is 5.44. The largest absolute Gasteiger partial charge is 0.364 e. The van der Waals surface area contributed by atoms with E-state index in [4.69, 9.17) is 9.72 Å². The highest BCUT2D eigenvalue weighted by molar-refractivity contribution is 7.21. The minimum Gasteiger partial charge on any atom is -0.364 e. The van der Waals surface area contributed by atoms with E-state index in [0.29, 0.717) is 6.54 Å². The van der Waals surface area contributed by atoms with Crippen LogP contribution in [-0.2, 0) is 9.53 Å². The van der Waals surface area contributed by atoms with Gasteiger partial charge in [-0.25, -0.2) is 4.98 Å². The number of rotatable bonds is 4. The lowest BCUT2D eigenvalue weighted by Gasteiger charge is -2.31. The minimum absolute atomic E-state index is 0.0412. The molecule has 6 heteroatoms. The summed E-state index contributed by atoms with van der Waals surface area (Å²) in [5.74, 6) is 0.0412. The molecule has 146 valence electrons. The number of benzene rings is 2. The first-order chi connectivity index (χ1) is 13.5. The van der Waals surface area contributed by atoms with E-state index in [1.165, 1.54) is 15.2 Å². The molecule has 0 saturated carbocycles. The Bertz CT molecular complexity index is 973. The molecule has 0 aliphatic carbocycles. The van der Waals surface area contributed by atoms with Crippen LogP contribution in [0, 0.1) is 6.92 Å². The number of ether oxygens (including phenoxy) is 1. The van der Waals surface area contributed by atoms with Crippen LogP contribution in [0.2, 0.25) is 0 Å². The molecule has 4 rings (SSSR count). The van der Waals surface area contributed by atoms with E-state index < -0.39 is 0 Å². The van der Waals surface area contributed by atoms with Crippen LogP contribution >= 0.6 is 11.3 Å². The van der Waals surface area contributed by atoms with Gasteiger partial charge >= 0.3 is 0 Å². The molecule has 1 aromatic heterocycles. The molecule has 1 saturated heterocycles. The van der Waals surface area contributed by atoms with Crippen molar-refractivity contribution < 1.29 is 14.4 Å². The monoisotopic (exact) mass is 396 g/mol. The van der Waals surface area contributed by atoms with Gasteiger partial charge < -0.3 is 15.0 Å². The zero-order valence-electron chi connectivity index (χ0n) is 16.5. The lowest BCUT2D eigenvalue weighted by molar-refractivity contribution is -0.907. The number of morpholine rings is 1. The van der Waals surface area contributed by atoms with Crippen molar-refractivity contribution in [3.05, 3.63) is 48.0 Å². The summed E-state index contributed by atoms with van der Waals surface area (Å²) in [6.45, 7) is 8.43. The number of amides is 1. The van der Waals surface area contributed by atoms with Crippen LogP contribution in [0.5, 0.6) is 0 Å². The molecule has 0 bridgehead atoms. The third-order valence-corrected chi connectivity index (χ3v) is 6.05. The van der Waals surface area contributed by atoms with Crippen LogP contribution < -0.4 is 10.2 Å². The Morgan fingerprint density at radius 3 is 2.61 bits per heavy atom. The number of aromatic nitrogens is 1. The second-order valence-corrected chi connectivity index (χ2v) is 8.74. The van der Waals surface area contributed by atoms with Gasteiger partial charge in [0.05, 0.1) is 10.2 Å². The smallest absolute Gasteiger partial charge is 0.279 e. The Balaban J connectivity index is 1.40. The van der Waals surface area contributed by atoms with Crippen LogP contribution in [0.1, 0.15) is 19.4 Å². The number of quaternary nitrogens is 1. The first-order valence-corrected chi connectivity index (χ1v) is 10.5. The second kappa shape index (κ2) is 7.99. The standard InChI is InChI=1S/C22H25N3O2S/c1-14-4-9-19-20(10-14)28-22(24-19)17-5-7-18(8-6-17)23-21(26)13-25-11-15(2)27-16(3)12-25/h4-10,15-16H,11-13H2,1-3H3,(H,23,26)/p+1/t15-,16+. The first kappa shape index (κ1) is 19.1. The maximum absolute atomic E-state index is 12.4. The van der Waals surface area contributed by atoms with Crippen LogP contribution in [0.25, 0.3) is 20.8 Å². The molecule has 1 amide bonds. The number of hydrogen-bond acceptors (Lipinski definition) is 4. The highest BCUT2D eigenvalue weighted by Gasteiger charge is 2.27. The number of carbonyl (C=O) groups is 1. The average Bonchev–Trinajstić information content (AvgIpc) is 3.04. The summed E-state index contributed by atoms with van der Waals surface area (Å²) in [6.07, 6.45) is 0.395. The summed E-state index contributed by atoms with van der Waals surface area (Å²) in [6, 6.07) is 14.3. The Morgan fingerprint density at radius 2 is 1.89 bits per heavy atom. The predicted molar refractivity (Wildman–Crippen MR) is 114 cm³/mol. The van der Waals surface area contributed by atoms with Crippen molar-refractivity contribution in [2.75, 3.05) is 25.0 Å². The molecule has 3 atom stereocenters. The maximum atomic E-state index is 12.4. The van der Waals surface area contributed by atoms with Gasteiger partial charge in [-0.3, -0.25) is 4.79 Å². The highest BCUT2D eigenvalue weighted by Crippen LogP contribution is 2.31. The van der Waals surface area contributed by atoms with Gasteiger partial charge in [0.2, 0.25) is 0 Å². The molecular weight excluding hydrogens is 370 g/mol. The van der Waals surface area contributed by atoms with E-state index in [2.05, 4.69) is 44.3 Å². The van der Waals surface area contributed by atoms with Crippen LogP contribution in [-0.4, -0.2) is 42.7 Å². The SMILES string of the molecule is Cc1ccc2nc(-c3ccc(NC(=O)C[NH+]4C[C@@H](C)O[C@@H](C)C4)cc3)sc2c1. The summed E-state index contributed by atoms with van der Waals surface area (Å²) >= 11 is 1.69. The molecule has 2 heterocycles. The van der Waals surface area contributed by atoms with Gasteiger partial charge in [-0.1, -0.05) is 6.07 Å². The van der Waals surface area contributed by atoms with Crippen molar-refractivity contribution in [2.45, 2.75) is 33.0 Å². The van der Waals surface area contributed by atoms with Crippen LogP contribution in [0.15, 0.2) is 42.5 Å². The zero-order valence-corrected chi connectivity index (χ0v) is 17.3. The van der Waals surface area contributed by atoms with E-state index >= 15 is 0 Å². The maximum Gasteiger partial charge on any atom is 0.279 e. The second-order valence-electron chi connectivity index (χ2n) is 7.71. The number of nitrogens with one attached hydrogen (secondary N) is 2. The molecule has 28 heavy (non-hydrogen) atoms. The number of carbonyl (C=O) groups excluding carboxylic acids is 1. The van der Waals surface area contributed by atoms with Gasteiger partial charge in [-0.2, -0.15) is 0 Å². The molecule has 2 N–H and O–H groups in total. The topological polar surface area (TPSA) is 55.7 Å². The Morgan fingerprint density at radius 1 is 1.18 bits per heavy atom. The van der Waals surface area contributed by atoms with Gasteiger partial charge in [0, 0.05) is 11.3 Å². The number of fused-ring (bicyclic) bond motifs is 1. The van der Waals surface area contributed by atoms with Crippen molar-refractivity contribution in [1.82, 2.24) is 4.98 Å².